The van der Waals surface area contributed by atoms with E-state index >= 15 is 0 Å². The molecule has 0 radical (unpaired) electrons. The van der Waals surface area contributed by atoms with Crippen LogP contribution >= 0.6 is 0 Å². The van der Waals surface area contributed by atoms with Crippen LogP contribution in [0.2, 0.25) is 0 Å². The SMILES string of the molecule is Cc1ccc(-n2cc(C)c(=O)c(C(=O)O)n2)cc1F. The highest BCUT2D eigenvalue weighted by Gasteiger charge is 2.14. The second-order valence-corrected chi connectivity index (χ2v) is 4.17. The third kappa shape index (κ3) is 2.37. The van der Waals surface area contributed by atoms with Gasteiger partial charge >= 0.3 is 5.97 Å². The molecule has 0 aliphatic rings. The first-order chi connectivity index (χ1) is 8.90. The summed E-state index contributed by atoms with van der Waals surface area (Å²) >= 11 is 0. The van der Waals surface area contributed by atoms with Crippen molar-refractivity contribution in [2.24, 2.45) is 0 Å². The summed E-state index contributed by atoms with van der Waals surface area (Å²) in [5, 5.41) is 12.6. The number of carboxylic acids is 1. The topological polar surface area (TPSA) is 72.2 Å². The standard InChI is InChI=1S/C13H11FN2O3/c1-7-3-4-9(5-10(7)14)16-6-8(2)12(17)11(15-16)13(18)19/h3-6H,1-2H3,(H,18,19). The molecule has 0 bridgehead atoms. The third-order valence-corrected chi connectivity index (χ3v) is 2.72. The zero-order valence-corrected chi connectivity index (χ0v) is 10.3. The van der Waals surface area contributed by atoms with Gasteiger partial charge in [0.25, 0.3) is 0 Å². The summed E-state index contributed by atoms with van der Waals surface area (Å²) in [6.45, 7) is 3.10. The minimum absolute atomic E-state index is 0.230. The van der Waals surface area contributed by atoms with Gasteiger partial charge in [0.05, 0.1) is 5.69 Å². The van der Waals surface area contributed by atoms with Crippen LogP contribution in [0.1, 0.15) is 21.6 Å². The molecule has 19 heavy (non-hydrogen) atoms. The second-order valence-electron chi connectivity index (χ2n) is 4.17. The number of hydrogen-bond acceptors (Lipinski definition) is 3. The van der Waals surface area contributed by atoms with Gasteiger partial charge in [0.15, 0.2) is 0 Å². The molecule has 0 aliphatic heterocycles. The Balaban J connectivity index is 2.66. The molecule has 0 fully saturated rings. The molecule has 6 heteroatoms. The number of benzene rings is 1. The maximum atomic E-state index is 13.5. The molecule has 5 nitrogen and oxygen atoms in total. The summed E-state index contributed by atoms with van der Waals surface area (Å²) in [6.07, 6.45) is 1.37. The fraction of sp³-hybridized carbons (Fsp3) is 0.154. The van der Waals surface area contributed by atoms with Crippen molar-refractivity contribution < 1.29 is 14.3 Å². The van der Waals surface area contributed by atoms with Gasteiger partial charge in [-0.3, -0.25) is 4.79 Å². The molecule has 0 spiro atoms. The molecule has 1 aromatic carbocycles. The fourth-order valence-electron chi connectivity index (χ4n) is 1.61. The molecule has 0 amide bonds. The second kappa shape index (κ2) is 4.64. The molecule has 0 unspecified atom stereocenters. The van der Waals surface area contributed by atoms with Gasteiger partial charge < -0.3 is 5.11 Å². The van der Waals surface area contributed by atoms with Crippen molar-refractivity contribution in [1.82, 2.24) is 9.78 Å². The van der Waals surface area contributed by atoms with Gasteiger partial charge in [-0.05, 0) is 31.5 Å². The van der Waals surface area contributed by atoms with E-state index in [4.69, 9.17) is 5.11 Å². The molecule has 0 saturated heterocycles. The van der Waals surface area contributed by atoms with Gasteiger partial charge in [-0.1, -0.05) is 6.07 Å². The number of carboxylic acid groups (broad SMARTS) is 1. The highest BCUT2D eigenvalue weighted by molar-refractivity contribution is 5.85. The van der Waals surface area contributed by atoms with E-state index in [0.29, 0.717) is 11.3 Å². The monoisotopic (exact) mass is 262 g/mol. The molecule has 0 aliphatic carbocycles. The molecule has 0 atom stereocenters. The number of aromatic carboxylic acids is 1. The highest BCUT2D eigenvalue weighted by Crippen LogP contribution is 2.12. The number of halogens is 1. The lowest BCUT2D eigenvalue weighted by Crippen LogP contribution is -2.23. The number of carbonyl (C=O) groups is 1. The van der Waals surface area contributed by atoms with Crippen LogP contribution in [0.15, 0.2) is 29.2 Å². The summed E-state index contributed by atoms with van der Waals surface area (Å²) in [4.78, 5) is 22.5. The summed E-state index contributed by atoms with van der Waals surface area (Å²) in [7, 11) is 0. The van der Waals surface area contributed by atoms with Crippen LogP contribution in [0.5, 0.6) is 0 Å². The predicted molar refractivity (Wildman–Crippen MR) is 66.2 cm³/mol. The zero-order chi connectivity index (χ0) is 14.2. The van der Waals surface area contributed by atoms with Crippen molar-refractivity contribution in [3.05, 3.63) is 57.3 Å². The molecule has 1 heterocycles. The molecular formula is C13H11FN2O3. The predicted octanol–water partition coefficient (Wildman–Crippen LogP) is 1.69. The van der Waals surface area contributed by atoms with Gasteiger partial charge in [-0.15, -0.1) is 0 Å². The Bertz CT molecular complexity index is 722. The van der Waals surface area contributed by atoms with E-state index in [9.17, 15) is 14.0 Å². The number of nitrogens with zero attached hydrogens (tertiary/aromatic N) is 2. The average molecular weight is 262 g/mol. The van der Waals surface area contributed by atoms with Crippen LogP contribution in [0.25, 0.3) is 5.69 Å². The van der Waals surface area contributed by atoms with Gasteiger partial charge in [0, 0.05) is 11.8 Å². The lowest BCUT2D eigenvalue weighted by Gasteiger charge is -2.08. The Kier molecular flexibility index (Phi) is 3.16. The van der Waals surface area contributed by atoms with Crippen molar-refractivity contribution in [3.63, 3.8) is 0 Å². The summed E-state index contributed by atoms with van der Waals surface area (Å²) < 4.78 is 14.7. The van der Waals surface area contributed by atoms with Crippen molar-refractivity contribution in [2.45, 2.75) is 13.8 Å². The van der Waals surface area contributed by atoms with E-state index < -0.39 is 22.9 Å². The quantitative estimate of drug-likeness (QED) is 0.893. The largest absolute Gasteiger partial charge is 0.476 e. The van der Waals surface area contributed by atoms with E-state index in [1.54, 1.807) is 19.1 Å². The zero-order valence-electron chi connectivity index (χ0n) is 10.3. The van der Waals surface area contributed by atoms with Gasteiger partial charge in [-0.25, -0.2) is 13.9 Å². The minimum Gasteiger partial charge on any atom is -0.476 e. The van der Waals surface area contributed by atoms with Crippen LogP contribution in [-0.4, -0.2) is 20.9 Å². The lowest BCUT2D eigenvalue weighted by molar-refractivity contribution is 0.0686. The van der Waals surface area contributed by atoms with E-state index in [-0.39, 0.29) is 5.56 Å². The molecule has 1 aromatic heterocycles. The number of aryl methyl sites for hydroxylation is 2. The number of hydrogen-bond donors (Lipinski definition) is 1. The maximum Gasteiger partial charge on any atom is 0.360 e. The van der Waals surface area contributed by atoms with Gasteiger partial charge in [0.2, 0.25) is 11.1 Å². The summed E-state index contributed by atoms with van der Waals surface area (Å²) in [5.41, 5.74) is -0.167. The lowest BCUT2D eigenvalue weighted by atomic mass is 10.2. The smallest absolute Gasteiger partial charge is 0.360 e. The molecule has 0 saturated carbocycles. The number of aromatic nitrogens is 2. The van der Waals surface area contributed by atoms with Crippen LogP contribution in [0.3, 0.4) is 0 Å². The van der Waals surface area contributed by atoms with Crippen LogP contribution in [0, 0.1) is 19.7 Å². The summed E-state index contributed by atoms with van der Waals surface area (Å²) in [6, 6.07) is 4.39. The highest BCUT2D eigenvalue weighted by atomic mass is 19.1. The van der Waals surface area contributed by atoms with Gasteiger partial charge in [0.1, 0.15) is 5.82 Å². The van der Waals surface area contributed by atoms with Crippen molar-refractivity contribution in [2.75, 3.05) is 0 Å². The Morgan fingerprint density at radius 3 is 2.58 bits per heavy atom. The molecule has 2 rings (SSSR count). The van der Waals surface area contributed by atoms with Crippen LogP contribution in [-0.2, 0) is 0 Å². The van der Waals surface area contributed by atoms with E-state index in [0.717, 1.165) is 0 Å². The van der Waals surface area contributed by atoms with Crippen molar-refractivity contribution >= 4 is 5.97 Å². The molecule has 98 valence electrons. The van der Waals surface area contributed by atoms with Gasteiger partial charge in [-0.2, -0.15) is 5.10 Å². The van der Waals surface area contributed by atoms with E-state index in [1.807, 2.05) is 0 Å². The maximum absolute atomic E-state index is 13.5. The Morgan fingerprint density at radius 2 is 2.00 bits per heavy atom. The normalized spacial score (nSPS) is 10.5. The van der Waals surface area contributed by atoms with Crippen LogP contribution in [0.4, 0.5) is 4.39 Å². The Morgan fingerprint density at radius 1 is 1.32 bits per heavy atom. The first-order valence-electron chi connectivity index (χ1n) is 5.50. The minimum atomic E-state index is -1.41. The third-order valence-electron chi connectivity index (χ3n) is 2.72. The molecule has 1 N–H and O–H groups in total. The van der Waals surface area contributed by atoms with E-state index in [2.05, 4.69) is 5.10 Å². The molecular weight excluding hydrogens is 251 g/mol. The first kappa shape index (κ1) is 12.9. The Hall–Kier alpha value is -2.50. The van der Waals surface area contributed by atoms with Crippen LogP contribution < -0.4 is 5.43 Å². The Labute approximate surface area is 107 Å². The number of rotatable bonds is 2. The fourth-order valence-corrected chi connectivity index (χ4v) is 1.61. The van der Waals surface area contributed by atoms with E-state index in [1.165, 1.54) is 23.9 Å². The van der Waals surface area contributed by atoms with Crippen molar-refractivity contribution in [1.29, 1.82) is 0 Å². The molecule has 2 aromatic rings. The average Bonchev–Trinajstić information content (AvgIpc) is 2.35. The van der Waals surface area contributed by atoms with Crippen molar-refractivity contribution in [3.8, 4) is 5.69 Å². The summed E-state index contributed by atoms with van der Waals surface area (Å²) in [5.74, 6) is -1.83. The first-order valence-corrected chi connectivity index (χ1v) is 5.50.